The van der Waals surface area contributed by atoms with Crippen molar-refractivity contribution in [2.45, 2.75) is 19.8 Å². The van der Waals surface area contributed by atoms with Gasteiger partial charge in [-0.3, -0.25) is 0 Å². The van der Waals surface area contributed by atoms with Crippen molar-refractivity contribution < 1.29 is 8.78 Å². The maximum atomic E-state index is 14.4. The number of halogens is 2. The van der Waals surface area contributed by atoms with Crippen molar-refractivity contribution in [1.82, 2.24) is 19.7 Å². The molecule has 5 rings (SSSR count). The molecule has 30 heavy (non-hydrogen) atoms. The predicted octanol–water partition coefficient (Wildman–Crippen LogP) is 4.47. The first-order chi connectivity index (χ1) is 14.5. The van der Waals surface area contributed by atoms with E-state index in [1.807, 2.05) is 31.2 Å². The number of hydrogen-bond acceptors (Lipinski definition) is 5. The van der Waals surface area contributed by atoms with Crippen LogP contribution in [0.3, 0.4) is 0 Å². The van der Waals surface area contributed by atoms with E-state index in [2.05, 4.69) is 15.4 Å². The van der Waals surface area contributed by atoms with E-state index in [-0.39, 0.29) is 11.5 Å². The molecule has 0 amide bonds. The summed E-state index contributed by atoms with van der Waals surface area (Å²) in [6, 6.07) is 11.0. The average Bonchev–Trinajstić information content (AvgIpc) is 3.50. The van der Waals surface area contributed by atoms with E-state index in [0.717, 1.165) is 35.9 Å². The molecule has 3 N–H and O–H groups in total. The first-order valence-electron chi connectivity index (χ1n) is 9.82. The van der Waals surface area contributed by atoms with Gasteiger partial charge in [0.2, 0.25) is 5.95 Å². The summed E-state index contributed by atoms with van der Waals surface area (Å²) in [4.78, 5) is 9.19. The number of rotatable bonds is 5. The van der Waals surface area contributed by atoms with Crippen molar-refractivity contribution in [3.8, 4) is 16.9 Å². The molecule has 1 aliphatic carbocycles. The first kappa shape index (κ1) is 18.5. The zero-order chi connectivity index (χ0) is 20.8. The van der Waals surface area contributed by atoms with Crippen LogP contribution in [-0.4, -0.2) is 26.3 Å². The summed E-state index contributed by atoms with van der Waals surface area (Å²) in [6.45, 7) is 2.77. The van der Waals surface area contributed by atoms with Gasteiger partial charge in [0.1, 0.15) is 23.1 Å². The summed E-state index contributed by atoms with van der Waals surface area (Å²) in [7, 11) is 0. The van der Waals surface area contributed by atoms with Gasteiger partial charge in [-0.05, 0) is 43.9 Å². The van der Waals surface area contributed by atoms with Crippen LogP contribution in [0.4, 0.5) is 20.5 Å². The van der Waals surface area contributed by atoms with Crippen LogP contribution in [0.25, 0.3) is 28.0 Å². The van der Waals surface area contributed by atoms with Gasteiger partial charge < -0.3 is 11.1 Å². The summed E-state index contributed by atoms with van der Waals surface area (Å²) < 4.78 is 29.4. The molecule has 1 aliphatic rings. The number of aryl methyl sites for hydroxylation is 1. The topological polar surface area (TPSA) is 81.7 Å². The predicted molar refractivity (Wildman–Crippen MR) is 112 cm³/mol. The number of nitrogens with two attached hydrogens (primary N) is 1. The number of hydrogen-bond donors (Lipinski definition) is 2. The number of nitrogens with one attached hydrogen (secondary N) is 1. The molecule has 0 saturated heterocycles. The summed E-state index contributed by atoms with van der Waals surface area (Å²) in [5, 5.41) is 8.16. The Bertz CT molecular complexity index is 1260. The van der Waals surface area contributed by atoms with Crippen molar-refractivity contribution in [2.75, 3.05) is 17.6 Å². The molecule has 0 radical (unpaired) electrons. The van der Waals surface area contributed by atoms with Gasteiger partial charge in [-0.1, -0.05) is 23.8 Å². The fraction of sp³-hybridized carbons (Fsp3) is 0.227. The molecule has 0 unspecified atom stereocenters. The van der Waals surface area contributed by atoms with Crippen LogP contribution in [0.1, 0.15) is 18.4 Å². The van der Waals surface area contributed by atoms with Gasteiger partial charge in [-0.2, -0.15) is 4.98 Å². The molecular formula is C22H20F2N6. The van der Waals surface area contributed by atoms with Gasteiger partial charge >= 0.3 is 0 Å². The number of nitrogen functional groups attached to an aromatic ring is 1. The lowest BCUT2D eigenvalue weighted by Crippen LogP contribution is -2.07. The molecule has 152 valence electrons. The van der Waals surface area contributed by atoms with Gasteiger partial charge in [-0.25, -0.2) is 18.4 Å². The van der Waals surface area contributed by atoms with Crippen LogP contribution >= 0.6 is 0 Å². The second-order valence-electron chi connectivity index (χ2n) is 7.68. The molecule has 1 fully saturated rings. The lowest BCUT2D eigenvalue weighted by Gasteiger charge is -2.09. The quantitative estimate of drug-likeness (QED) is 0.511. The van der Waals surface area contributed by atoms with Gasteiger partial charge in [0.05, 0.1) is 11.1 Å². The fourth-order valence-electron chi connectivity index (χ4n) is 3.48. The van der Waals surface area contributed by atoms with Gasteiger partial charge in [0.15, 0.2) is 5.65 Å². The van der Waals surface area contributed by atoms with Crippen LogP contribution in [0.5, 0.6) is 0 Å². The fourth-order valence-corrected chi connectivity index (χ4v) is 3.48. The van der Waals surface area contributed by atoms with Gasteiger partial charge in [0, 0.05) is 18.2 Å². The molecule has 0 bridgehead atoms. The van der Waals surface area contributed by atoms with Crippen LogP contribution in [0.15, 0.2) is 42.5 Å². The van der Waals surface area contributed by atoms with E-state index in [9.17, 15) is 8.78 Å². The van der Waals surface area contributed by atoms with E-state index in [0.29, 0.717) is 28.6 Å². The standard InChI is InChI=1S/C22H20F2N6/c1-12-3-2-4-14(9-12)19-18-20(25)30(17-10-15(23)7-8-16(17)24)29-21(18)28-22(27-19)26-11-13-5-6-13/h2-4,7-10,13H,5-6,11,25H2,1H3,(H,26,28,29). The minimum Gasteiger partial charge on any atom is -0.383 e. The van der Waals surface area contributed by atoms with Crippen molar-refractivity contribution in [2.24, 2.45) is 5.92 Å². The molecule has 0 atom stereocenters. The van der Waals surface area contributed by atoms with Crippen molar-refractivity contribution in [3.05, 3.63) is 59.7 Å². The van der Waals surface area contributed by atoms with E-state index in [1.165, 1.54) is 17.5 Å². The summed E-state index contributed by atoms with van der Waals surface area (Å²) in [5.74, 6) is 0.0148. The zero-order valence-electron chi connectivity index (χ0n) is 16.4. The molecule has 4 aromatic rings. The number of anilines is 2. The Morgan fingerprint density at radius 1 is 1.13 bits per heavy atom. The summed E-state index contributed by atoms with van der Waals surface area (Å²) in [6.07, 6.45) is 2.39. The normalized spacial score (nSPS) is 13.7. The number of benzene rings is 2. The smallest absolute Gasteiger partial charge is 0.225 e. The average molecular weight is 406 g/mol. The van der Waals surface area contributed by atoms with Gasteiger partial charge in [-0.15, -0.1) is 5.10 Å². The van der Waals surface area contributed by atoms with Crippen molar-refractivity contribution >= 4 is 22.8 Å². The highest BCUT2D eigenvalue weighted by atomic mass is 19.1. The van der Waals surface area contributed by atoms with Crippen LogP contribution < -0.4 is 11.1 Å². The Balaban J connectivity index is 1.72. The van der Waals surface area contributed by atoms with Crippen molar-refractivity contribution in [1.29, 1.82) is 0 Å². The molecular weight excluding hydrogens is 386 g/mol. The monoisotopic (exact) mass is 406 g/mol. The highest BCUT2D eigenvalue weighted by Crippen LogP contribution is 2.34. The highest BCUT2D eigenvalue weighted by Gasteiger charge is 2.23. The third kappa shape index (κ3) is 3.34. The number of aromatic nitrogens is 4. The maximum absolute atomic E-state index is 14.4. The van der Waals surface area contributed by atoms with Crippen LogP contribution in [-0.2, 0) is 0 Å². The molecule has 0 aliphatic heterocycles. The second kappa shape index (κ2) is 7.05. The molecule has 2 heterocycles. The lowest BCUT2D eigenvalue weighted by atomic mass is 10.1. The molecule has 6 nitrogen and oxygen atoms in total. The largest absolute Gasteiger partial charge is 0.383 e. The Labute approximate surface area is 171 Å². The van der Waals surface area contributed by atoms with E-state index in [1.54, 1.807) is 0 Å². The Hall–Kier alpha value is -3.55. The minimum absolute atomic E-state index is 0.0758. The van der Waals surface area contributed by atoms with Crippen LogP contribution in [0, 0.1) is 24.5 Å². The Kier molecular flexibility index (Phi) is 4.34. The minimum atomic E-state index is -0.631. The first-order valence-corrected chi connectivity index (χ1v) is 9.82. The highest BCUT2D eigenvalue weighted by molar-refractivity contribution is 5.99. The molecule has 8 heteroatoms. The lowest BCUT2D eigenvalue weighted by molar-refractivity contribution is 0.588. The zero-order valence-corrected chi connectivity index (χ0v) is 16.4. The van der Waals surface area contributed by atoms with E-state index >= 15 is 0 Å². The molecule has 2 aromatic carbocycles. The Morgan fingerprint density at radius 3 is 2.73 bits per heavy atom. The molecule has 2 aromatic heterocycles. The number of nitrogens with zero attached hydrogens (tertiary/aromatic N) is 4. The third-order valence-corrected chi connectivity index (χ3v) is 5.24. The van der Waals surface area contributed by atoms with Crippen molar-refractivity contribution in [3.63, 3.8) is 0 Å². The van der Waals surface area contributed by atoms with Crippen LogP contribution in [0.2, 0.25) is 0 Å². The maximum Gasteiger partial charge on any atom is 0.225 e. The molecule has 0 spiro atoms. The van der Waals surface area contributed by atoms with Gasteiger partial charge in [0.25, 0.3) is 0 Å². The Morgan fingerprint density at radius 2 is 1.97 bits per heavy atom. The summed E-state index contributed by atoms with van der Waals surface area (Å²) >= 11 is 0. The third-order valence-electron chi connectivity index (χ3n) is 5.24. The summed E-state index contributed by atoms with van der Waals surface area (Å²) in [5.41, 5.74) is 9.12. The van der Waals surface area contributed by atoms with E-state index < -0.39 is 11.6 Å². The second-order valence-corrected chi connectivity index (χ2v) is 7.68. The number of fused-ring (bicyclic) bond motifs is 1. The van der Waals surface area contributed by atoms with E-state index in [4.69, 9.17) is 10.7 Å². The molecule has 1 saturated carbocycles. The SMILES string of the molecule is Cc1cccc(-c2nc(NCC3CC3)nc3nn(-c4cc(F)ccc4F)c(N)c23)c1.